The molecule has 1 amide bonds. The van der Waals surface area contributed by atoms with E-state index in [1.165, 1.54) is 37.7 Å². The van der Waals surface area contributed by atoms with E-state index in [1.807, 2.05) is 11.4 Å². The smallest absolute Gasteiger partial charge is 0.306 e. The maximum absolute atomic E-state index is 12.0. The summed E-state index contributed by atoms with van der Waals surface area (Å²) in [5, 5.41) is 5.14. The SMILES string of the molecule is COC(=O)CCC(=O)NC(c1cccs1)C1CCCC1. The third-order valence-electron chi connectivity index (χ3n) is 3.82. The van der Waals surface area contributed by atoms with E-state index in [0.29, 0.717) is 5.92 Å². The van der Waals surface area contributed by atoms with E-state index in [9.17, 15) is 9.59 Å². The maximum Gasteiger partial charge on any atom is 0.306 e. The van der Waals surface area contributed by atoms with Crippen LogP contribution < -0.4 is 5.32 Å². The van der Waals surface area contributed by atoms with Crippen molar-refractivity contribution in [1.29, 1.82) is 0 Å². The summed E-state index contributed by atoms with van der Waals surface area (Å²) in [5.74, 6) is 0.116. The molecule has 0 aliphatic heterocycles. The van der Waals surface area contributed by atoms with Gasteiger partial charge in [0.2, 0.25) is 5.91 Å². The number of ether oxygens (including phenoxy) is 1. The van der Waals surface area contributed by atoms with Gasteiger partial charge in [-0.2, -0.15) is 0 Å². The molecular formula is C15H21NO3S. The van der Waals surface area contributed by atoms with Crippen LogP contribution in [0.15, 0.2) is 17.5 Å². The zero-order valence-electron chi connectivity index (χ0n) is 11.8. The molecular weight excluding hydrogens is 274 g/mol. The van der Waals surface area contributed by atoms with Crippen LogP contribution >= 0.6 is 11.3 Å². The number of thiophene rings is 1. The fourth-order valence-electron chi connectivity index (χ4n) is 2.74. The standard InChI is InChI=1S/C15H21NO3S/c1-19-14(18)9-8-13(17)16-15(11-5-2-3-6-11)12-7-4-10-20-12/h4,7,10-11,15H,2-3,5-6,8-9H2,1H3,(H,16,17). The fraction of sp³-hybridized carbons (Fsp3) is 0.600. The Labute approximate surface area is 123 Å². The molecule has 1 atom stereocenters. The van der Waals surface area contributed by atoms with E-state index in [0.717, 1.165) is 0 Å². The van der Waals surface area contributed by atoms with E-state index in [1.54, 1.807) is 11.3 Å². The minimum atomic E-state index is -0.339. The molecule has 0 radical (unpaired) electrons. The molecule has 1 fully saturated rings. The number of hydrogen-bond donors (Lipinski definition) is 1. The van der Waals surface area contributed by atoms with Crippen molar-refractivity contribution in [1.82, 2.24) is 5.32 Å². The Morgan fingerprint density at radius 3 is 2.75 bits per heavy atom. The molecule has 1 aliphatic rings. The Hall–Kier alpha value is -1.36. The van der Waals surface area contributed by atoms with Crippen molar-refractivity contribution < 1.29 is 14.3 Å². The number of esters is 1. The average molecular weight is 295 g/mol. The molecule has 2 rings (SSSR count). The summed E-state index contributed by atoms with van der Waals surface area (Å²) in [6.45, 7) is 0. The second kappa shape index (κ2) is 7.43. The minimum Gasteiger partial charge on any atom is -0.469 e. The highest BCUT2D eigenvalue weighted by atomic mass is 32.1. The van der Waals surface area contributed by atoms with Gasteiger partial charge in [0.05, 0.1) is 19.6 Å². The van der Waals surface area contributed by atoms with Gasteiger partial charge in [-0.15, -0.1) is 11.3 Å². The molecule has 1 heterocycles. The second-order valence-corrected chi connectivity index (χ2v) is 6.16. The van der Waals surface area contributed by atoms with E-state index in [4.69, 9.17) is 0 Å². The highest BCUT2D eigenvalue weighted by Crippen LogP contribution is 2.37. The molecule has 20 heavy (non-hydrogen) atoms. The van der Waals surface area contributed by atoms with Crippen LogP contribution in [0, 0.1) is 5.92 Å². The van der Waals surface area contributed by atoms with Crippen molar-refractivity contribution in [2.45, 2.75) is 44.6 Å². The number of nitrogens with one attached hydrogen (secondary N) is 1. The largest absolute Gasteiger partial charge is 0.469 e. The lowest BCUT2D eigenvalue weighted by atomic mass is 9.96. The molecule has 0 bridgehead atoms. The van der Waals surface area contributed by atoms with Gasteiger partial charge in [0.15, 0.2) is 0 Å². The molecule has 4 nitrogen and oxygen atoms in total. The normalized spacial score (nSPS) is 16.9. The second-order valence-electron chi connectivity index (χ2n) is 5.18. The summed E-state index contributed by atoms with van der Waals surface area (Å²) in [5.41, 5.74) is 0. The Balaban J connectivity index is 1.93. The molecule has 1 aromatic heterocycles. The number of amides is 1. The molecule has 1 aromatic rings. The zero-order valence-corrected chi connectivity index (χ0v) is 12.6. The first-order chi connectivity index (χ1) is 9.70. The lowest BCUT2D eigenvalue weighted by molar-refractivity contribution is -0.142. The first kappa shape index (κ1) is 15.0. The van der Waals surface area contributed by atoms with Crippen molar-refractivity contribution >= 4 is 23.2 Å². The van der Waals surface area contributed by atoms with Crippen LogP contribution in [0.4, 0.5) is 0 Å². The van der Waals surface area contributed by atoms with Crippen LogP contribution in [0.25, 0.3) is 0 Å². The summed E-state index contributed by atoms with van der Waals surface area (Å²) in [4.78, 5) is 24.3. The molecule has 1 unspecified atom stereocenters. The lowest BCUT2D eigenvalue weighted by Gasteiger charge is -2.23. The van der Waals surface area contributed by atoms with E-state index in [2.05, 4.69) is 16.1 Å². The highest BCUT2D eigenvalue weighted by Gasteiger charge is 2.28. The van der Waals surface area contributed by atoms with Crippen molar-refractivity contribution in [2.24, 2.45) is 5.92 Å². The number of carbonyl (C=O) groups is 2. The summed E-state index contributed by atoms with van der Waals surface area (Å²) >= 11 is 1.68. The summed E-state index contributed by atoms with van der Waals surface area (Å²) in [7, 11) is 1.34. The van der Waals surface area contributed by atoms with Gasteiger partial charge in [-0.3, -0.25) is 9.59 Å². The van der Waals surface area contributed by atoms with E-state index in [-0.39, 0.29) is 30.8 Å². The topological polar surface area (TPSA) is 55.4 Å². The van der Waals surface area contributed by atoms with Gasteiger partial charge in [-0.1, -0.05) is 18.9 Å². The van der Waals surface area contributed by atoms with Crippen LogP contribution in [0.2, 0.25) is 0 Å². The Kier molecular flexibility index (Phi) is 5.59. The lowest BCUT2D eigenvalue weighted by Crippen LogP contribution is -2.32. The zero-order chi connectivity index (χ0) is 14.4. The van der Waals surface area contributed by atoms with Gasteiger partial charge in [-0.05, 0) is 30.2 Å². The first-order valence-corrected chi connectivity index (χ1v) is 7.98. The van der Waals surface area contributed by atoms with Gasteiger partial charge in [0.1, 0.15) is 0 Å². The van der Waals surface area contributed by atoms with Crippen molar-refractivity contribution in [2.75, 3.05) is 7.11 Å². The maximum atomic E-state index is 12.0. The van der Waals surface area contributed by atoms with Crippen LogP contribution in [0.5, 0.6) is 0 Å². The molecule has 1 N–H and O–H groups in total. The van der Waals surface area contributed by atoms with E-state index < -0.39 is 0 Å². The van der Waals surface area contributed by atoms with Gasteiger partial charge in [-0.25, -0.2) is 0 Å². The predicted molar refractivity (Wildman–Crippen MR) is 78.4 cm³/mol. The predicted octanol–water partition coefficient (Wildman–Crippen LogP) is 3.05. The number of rotatable bonds is 6. The third-order valence-corrected chi connectivity index (χ3v) is 4.78. The number of hydrogen-bond acceptors (Lipinski definition) is 4. The molecule has 0 aromatic carbocycles. The molecule has 5 heteroatoms. The van der Waals surface area contributed by atoms with E-state index >= 15 is 0 Å². The molecule has 0 saturated heterocycles. The monoisotopic (exact) mass is 295 g/mol. The fourth-order valence-corrected chi connectivity index (χ4v) is 3.61. The van der Waals surface area contributed by atoms with Gasteiger partial charge in [0, 0.05) is 11.3 Å². The summed E-state index contributed by atoms with van der Waals surface area (Å²) < 4.78 is 4.56. The van der Waals surface area contributed by atoms with Gasteiger partial charge < -0.3 is 10.1 Å². The molecule has 1 aliphatic carbocycles. The third kappa shape index (κ3) is 4.07. The van der Waals surface area contributed by atoms with Crippen molar-refractivity contribution in [3.05, 3.63) is 22.4 Å². The number of carbonyl (C=O) groups excluding carboxylic acids is 2. The van der Waals surface area contributed by atoms with Crippen LogP contribution in [0.1, 0.15) is 49.4 Å². The van der Waals surface area contributed by atoms with Crippen molar-refractivity contribution in [3.8, 4) is 0 Å². The van der Waals surface area contributed by atoms with Crippen LogP contribution in [-0.4, -0.2) is 19.0 Å². The van der Waals surface area contributed by atoms with Gasteiger partial charge in [0.25, 0.3) is 0 Å². The summed E-state index contributed by atoms with van der Waals surface area (Å²) in [6.07, 6.45) is 5.15. The quantitative estimate of drug-likeness (QED) is 0.821. The highest BCUT2D eigenvalue weighted by molar-refractivity contribution is 7.10. The Morgan fingerprint density at radius 2 is 2.15 bits per heavy atom. The molecule has 110 valence electrons. The minimum absolute atomic E-state index is 0.0688. The average Bonchev–Trinajstić information content (AvgIpc) is 3.14. The molecule has 0 spiro atoms. The Morgan fingerprint density at radius 1 is 1.40 bits per heavy atom. The first-order valence-electron chi connectivity index (χ1n) is 7.10. The summed E-state index contributed by atoms with van der Waals surface area (Å²) in [6, 6.07) is 4.19. The molecule has 1 saturated carbocycles. The van der Waals surface area contributed by atoms with Gasteiger partial charge >= 0.3 is 5.97 Å². The van der Waals surface area contributed by atoms with Crippen LogP contribution in [-0.2, 0) is 14.3 Å². The Bertz CT molecular complexity index is 438. The van der Waals surface area contributed by atoms with Crippen LogP contribution in [0.3, 0.4) is 0 Å². The number of methoxy groups -OCH3 is 1. The van der Waals surface area contributed by atoms with Crippen molar-refractivity contribution in [3.63, 3.8) is 0 Å².